The van der Waals surface area contributed by atoms with Gasteiger partial charge < -0.3 is 9.72 Å². The van der Waals surface area contributed by atoms with Crippen molar-refractivity contribution >= 4 is 22.8 Å². The summed E-state index contributed by atoms with van der Waals surface area (Å²) in [6.07, 6.45) is -0.0142. The van der Waals surface area contributed by atoms with E-state index in [-0.39, 0.29) is 18.8 Å². The average molecular weight is 342 g/mol. The Bertz CT molecular complexity index is 877. The topological polar surface area (TPSA) is 96.1 Å². The zero-order valence-corrected chi connectivity index (χ0v) is 13.1. The molecule has 7 nitrogen and oxygen atoms in total. The summed E-state index contributed by atoms with van der Waals surface area (Å²) in [7, 11) is 0. The standard InChI is InChI=1S/C17H15FN4O3/c18-11-4-3-5-12(8-11)25-10-17(24)22-21-16(23)9-15-19-13-6-1-2-7-14(13)20-15/h1-8H,9-10H2,(H,19,20)(H,21,23)(H,22,24). The number of H-pyrrole nitrogens is 1. The van der Waals surface area contributed by atoms with Gasteiger partial charge in [-0.2, -0.15) is 0 Å². The molecule has 0 aliphatic rings. The number of nitrogens with one attached hydrogen (secondary N) is 3. The lowest BCUT2D eigenvalue weighted by atomic mass is 10.3. The molecule has 0 saturated carbocycles. The number of nitrogens with zero attached hydrogens (tertiary/aromatic N) is 1. The molecular formula is C17H15FN4O3. The molecule has 0 bridgehead atoms. The minimum atomic E-state index is -0.567. The van der Waals surface area contributed by atoms with Crippen LogP contribution in [0, 0.1) is 5.82 Å². The lowest BCUT2D eigenvalue weighted by Gasteiger charge is -2.08. The molecule has 1 heterocycles. The van der Waals surface area contributed by atoms with E-state index in [1.54, 1.807) is 0 Å². The molecule has 8 heteroatoms. The number of carbonyl (C=O) groups is 2. The van der Waals surface area contributed by atoms with Crippen LogP contribution in [0.5, 0.6) is 5.75 Å². The summed E-state index contributed by atoms with van der Waals surface area (Å²) in [5, 5.41) is 0. The molecule has 2 aromatic carbocycles. The van der Waals surface area contributed by atoms with Gasteiger partial charge in [0.1, 0.15) is 17.4 Å². The number of benzene rings is 2. The molecular weight excluding hydrogens is 327 g/mol. The van der Waals surface area contributed by atoms with Crippen molar-refractivity contribution in [2.45, 2.75) is 6.42 Å². The van der Waals surface area contributed by atoms with Gasteiger partial charge in [0.25, 0.3) is 5.91 Å². The number of aromatic nitrogens is 2. The van der Waals surface area contributed by atoms with Crippen molar-refractivity contribution < 1.29 is 18.7 Å². The molecule has 0 unspecified atom stereocenters. The van der Waals surface area contributed by atoms with Crippen molar-refractivity contribution in [3.05, 3.63) is 60.2 Å². The molecule has 3 N–H and O–H groups in total. The predicted octanol–water partition coefficient (Wildman–Crippen LogP) is 1.47. The first-order chi connectivity index (χ1) is 12.1. The van der Waals surface area contributed by atoms with Crippen molar-refractivity contribution in [1.29, 1.82) is 0 Å². The fourth-order valence-electron chi connectivity index (χ4n) is 2.17. The summed E-state index contributed by atoms with van der Waals surface area (Å²) in [4.78, 5) is 30.8. The number of hydrazine groups is 1. The van der Waals surface area contributed by atoms with Gasteiger partial charge in [0, 0.05) is 6.07 Å². The smallest absolute Gasteiger partial charge is 0.276 e. The Kier molecular flexibility index (Phi) is 4.89. The Balaban J connectivity index is 1.44. The molecule has 0 radical (unpaired) electrons. The second-order valence-electron chi connectivity index (χ2n) is 5.22. The number of ether oxygens (including phenoxy) is 1. The Labute approximate surface area is 142 Å². The summed E-state index contributed by atoms with van der Waals surface area (Å²) >= 11 is 0. The molecule has 0 atom stereocenters. The second-order valence-corrected chi connectivity index (χ2v) is 5.22. The summed E-state index contributed by atoms with van der Waals surface area (Å²) in [6, 6.07) is 12.8. The van der Waals surface area contributed by atoms with E-state index in [0.29, 0.717) is 5.82 Å². The number of aromatic amines is 1. The van der Waals surface area contributed by atoms with E-state index < -0.39 is 17.6 Å². The molecule has 3 rings (SSSR count). The highest BCUT2D eigenvalue weighted by Crippen LogP contribution is 2.11. The van der Waals surface area contributed by atoms with Gasteiger partial charge in [-0.3, -0.25) is 20.4 Å². The number of rotatable bonds is 5. The highest BCUT2D eigenvalue weighted by atomic mass is 19.1. The Hall–Kier alpha value is -3.42. The third-order valence-electron chi connectivity index (χ3n) is 3.27. The number of amides is 2. The van der Waals surface area contributed by atoms with Gasteiger partial charge in [0.05, 0.1) is 17.5 Å². The van der Waals surface area contributed by atoms with Crippen molar-refractivity contribution in [1.82, 2.24) is 20.8 Å². The summed E-state index contributed by atoms with van der Waals surface area (Å²) in [5.74, 6) is -0.745. The lowest BCUT2D eigenvalue weighted by molar-refractivity contribution is -0.129. The largest absolute Gasteiger partial charge is 0.484 e. The van der Waals surface area contributed by atoms with Crippen LogP contribution in [-0.2, 0) is 16.0 Å². The Morgan fingerprint density at radius 1 is 1.08 bits per heavy atom. The number of imidazole rings is 1. The van der Waals surface area contributed by atoms with Crippen molar-refractivity contribution in [2.24, 2.45) is 0 Å². The maximum atomic E-state index is 13.0. The number of para-hydroxylation sites is 2. The number of hydrogen-bond donors (Lipinski definition) is 3. The highest BCUT2D eigenvalue weighted by Gasteiger charge is 2.10. The van der Waals surface area contributed by atoms with Gasteiger partial charge >= 0.3 is 0 Å². The molecule has 3 aromatic rings. The first-order valence-electron chi connectivity index (χ1n) is 7.50. The molecule has 0 fully saturated rings. The SMILES string of the molecule is O=C(COc1cccc(F)c1)NNC(=O)Cc1nc2ccccc2[nH]1. The van der Waals surface area contributed by atoms with Crippen LogP contribution in [0.15, 0.2) is 48.5 Å². The molecule has 1 aromatic heterocycles. The third kappa shape index (κ3) is 4.54. The van der Waals surface area contributed by atoms with Crippen LogP contribution in [0.1, 0.15) is 5.82 Å². The molecule has 0 spiro atoms. The third-order valence-corrected chi connectivity index (χ3v) is 3.27. The van der Waals surface area contributed by atoms with Gasteiger partial charge in [0.15, 0.2) is 6.61 Å². The van der Waals surface area contributed by atoms with E-state index in [0.717, 1.165) is 17.1 Å². The van der Waals surface area contributed by atoms with Crippen LogP contribution in [0.25, 0.3) is 11.0 Å². The van der Waals surface area contributed by atoms with Crippen LogP contribution in [-0.4, -0.2) is 28.4 Å². The fraction of sp³-hybridized carbons (Fsp3) is 0.118. The molecule has 0 aliphatic carbocycles. The number of halogens is 1. The quantitative estimate of drug-likeness (QED) is 0.612. The molecule has 0 saturated heterocycles. The summed E-state index contributed by atoms with van der Waals surface area (Å²) < 4.78 is 18.1. The normalized spacial score (nSPS) is 10.4. The van der Waals surface area contributed by atoms with E-state index in [1.807, 2.05) is 24.3 Å². The first-order valence-corrected chi connectivity index (χ1v) is 7.50. The maximum Gasteiger partial charge on any atom is 0.276 e. The minimum Gasteiger partial charge on any atom is -0.484 e. The number of hydrogen-bond acceptors (Lipinski definition) is 4. The van der Waals surface area contributed by atoms with Crippen LogP contribution < -0.4 is 15.6 Å². The summed E-state index contributed by atoms with van der Waals surface area (Å²) in [6.45, 7) is -0.353. The first kappa shape index (κ1) is 16.4. The molecule has 25 heavy (non-hydrogen) atoms. The average Bonchev–Trinajstić information content (AvgIpc) is 3.00. The van der Waals surface area contributed by atoms with Gasteiger partial charge in [-0.1, -0.05) is 18.2 Å². The van der Waals surface area contributed by atoms with Crippen LogP contribution in [0.4, 0.5) is 4.39 Å². The zero-order valence-electron chi connectivity index (χ0n) is 13.1. The minimum absolute atomic E-state index is 0.0142. The fourth-order valence-corrected chi connectivity index (χ4v) is 2.17. The molecule has 128 valence electrons. The van der Waals surface area contributed by atoms with E-state index in [1.165, 1.54) is 18.2 Å². The van der Waals surface area contributed by atoms with E-state index >= 15 is 0 Å². The van der Waals surface area contributed by atoms with Gasteiger partial charge in [-0.15, -0.1) is 0 Å². The zero-order chi connectivity index (χ0) is 17.6. The van der Waals surface area contributed by atoms with Crippen molar-refractivity contribution in [3.8, 4) is 5.75 Å². The van der Waals surface area contributed by atoms with E-state index in [2.05, 4.69) is 20.8 Å². The molecule has 2 amide bonds. The van der Waals surface area contributed by atoms with Crippen molar-refractivity contribution in [2.75, 3.05) is 6.61 Å². The highest BCUT2D eigenvalue weighted by molar-refractivity contribution is 5.84. The summed E-state index contributed by atoms with van der Waals surface area (Å²) in [5.41, 5.74) is 6.09. The second kappa shape index (κ2) is 7.43. The van der Waals surface area contributed by atoms with Gasteiger partial charge in [0.2, 0.25) is 5.91 Å². The number of fused-ring (bicyclic) bond motifs is 1. The predicted molar refractivity (Wildman–Crippen MR) is 88.0 cm³/mol. The van der Waals surface area contributed by atoms with Gasteiger partial charge in [-0.05, 0) is 24.3 Å². The van der Waals surface area contributed by atoms with E-state index in [9.17, 15) is 14.0 Å². The number of carbonyl (C=O) groups excluding carboxylic acids is 2. The van der Waals surface area contributed by atoms with Crippen LogP contribution >= 0.6 is 0 Å². The monoisotopic (exact) mass is 342 g/mol. The Morgan fingerprint density at radius 2 is 1.88 bits per heavy atom. The lowest BCUT2D eigenvalue weighted by Crippen LogP contribution is -2.44. The van der Waals surface area contributed by atoms with Crippen molar-refractivity contribution in [3.63, 3.8) is 0 Å². The molecule has 0 aliphatic heterocycles. The van der Waals surface area contributed by atoms with E-state index in [4.69, 9.17) is 4.74 Å². The maximum absolute atomic E-state index is 13.0. The van der Waals surface area contributed by atoms with Crippen LogP contribution in [0.2, 0.25) is 0 Å². The Morgan fingerprint density at radius 3 is 2.68 bits per heavy atom. The van der Waals surface area contributed by atoms with Crippen LogP contribution in [0.3, 0.4) is 0 Å². The van der Waals surface area contributed by atoms with Gasteiger partial charge in [-0.25, -0.2) is 9.37 Å².